The molecule has 0 spiro atoms. The predicted molar refractivity (Wildman–Crippen MR) is 95.6 cm³/mol. The number of carboxylic acids is 1. The molecule has 5 heteroatoms. The van der Waals surface area contributed by atoms with Crippen LogP contribution in [0, 0.1) is 6.92 Å². The highest BCUT2D eigenvalue weighted by Gasteiger charge is 2.23. The van der Waals surface area contributed by atoms with Gasteiger partial charge in [0.2, 0.25) is 0 Å². The van der Waals surface area contributed by atoms with E-state index in [2.05, 4.69) is 0 Å². The molecule has 0 atom stereocenters. The van der Waals surface area contributed by atoms with E-state index in [4.69, 9.17) is 4.74 Å². The number of para-hydroxylation sites is 1. The van der Waals surface area contributed by atoms with Crippen molar-refractivity contribution >= 4 is 22.8 Å². The minimum Gasteiger partial charge on any atom is -0.494 e. The second kappa shape index (κ2) is 6.81. The van der Waals surface area contributed by atoms with E-state index in [1.165, 1.54) is 4.57 Å². The number of fused-ring (bicyclic) bond motifs is 1. The summed E-state index contributed by atoms with van der Waals surface area (Å²) >= 11 is 0. The van der Waals surface area contributed by atoms with Crippen molar-refractivity contribution in [1.29, 1.82) is 0 Å². The predicted octanol–water partition coefficient (Wildman–Crippen LogP) is 4.13. The molecule has 25 heavy (non-hydrogen) atoms. The smallest absolute Gasteiger partial charge is 0.338 e. The molecule has 128 valence electrons. The van der Waals surface area contributed by atoms with Crippen LogP contribution in [0.4, 0.5) is 0 Å². The van der Waals surface area contributed by atoms with Gasteiger partial charge in [0.25, 0.3) is 5.91 Å². The summed E-state index contributed by atoms with van der Waals surface area (Å²) in [5.74, 6) is -0.592. The first-order valence-corrected chi connectivity index (χ1v) is 8.15. The molecular weight excluding hydrogens is 318 g/mol. The molecule has 0 saturated heterocycles. The van der Waals surface area contributed by atoms with Crippen molar-refractivity contribution in [2.45, 2.75) is 20.3 Å². The Bertz CT molecular complexity index is 938. The quantitative estimate of drug-likeness (QED) is 0.760. The van der Waals surface area contributed by atoms with E-state index in [1.807, 2.05) is 6.92 Å². The zero-order chi connectivity index (χ0) is 18.0. The number of ether oxygens (including phenoxy) is 1. The highest BCUT2D eigenvalue weighted by atomic mass is 16.5. The number of carbonyl (C=O) groups is 2. The number of rotatable bonds is 5. The molecule has 2 aromatic carbocycles. The van der Waals surface area contributed by atoms with Gasteiger partial charge >= 0.3 is 5.97 Å². The van der Waals surface area contributed by atoms with E-state index >= 15 is 0 Å². The Hall–Kier alpha value is -3.08. The first-order valence-electron chi connectivity index (χ1n) is 8.15. The van der Waals surface area contributed by atoms with Gasteiger partial charge in [0.15, 0.2) is 0 Å². The Morgan fingerprint density at radius 3 is 2.40 bits per heavy atom. The fraction of sp³-hybridized carbons (Fsp3) is 0.200. The summed E-state index contributed by atoms with van der Waals surface area (Å²) in [6, 6.07) is 13.9. The molecule has 3 aromatic rings. The lowest BCUT2D eigenvalue weighted by atomic mass is 10.1. The van der Waals surface area contributed by atoms with Crippen LogP contribution in [-0.2, 0) is 0 Å². The van der Waals surface area contributed by atoms with E-state index in [0.717, 1.165) is 6.42 Å². The summed E-state index contributed by atoms with van der Waals surface area (Å²) in [6.45, 7) is 4.30. The topological polar surface area (TPSA) is 68.5 Å². The number of aromatic nitrogens is 1. The minimum atomic E-state index is -1.04. The zero-order valence-electron chi connectivity index (χ0n) is 14.2. The minimum absolute atomic E-state index is 0.159. The van der Waals surface area contributed by atoms with Crippen molar-refractivity contribution in [2.24, 2.45) is 0 Å². The molecule has 1 heterocycles. The van der Waals surface area contributed by atoms with E-state index in [1.54, 1.807) is 55.5 Å². The van der Waals surface area contributed by atoms with E-state index in [-0.39, 0.29) is 11.5 Å². The van der Waals surface area contributed by atoms with Crippen molar-refractivity contribution in [3.05, 3.63) is 65.4 Å². The number of carboxylic acid groups (broad SMARTS) is 1. The average molecular weight is 337 g/mol. The summed E-state index contributed by atoms with van der Waals surface area (Å²) in [6.07, 6.45) is 0.910. The van der Waals surface area contributed by atoms with Gasteiger partial charge in [-0.25, -0.2) is 4.79 Å². The van der Waals surface area contributed by atoms with Gasteiger partial charge in [-0.05, 0) is 43.7 Å². The summed E-state index contributed by atoms with van der Waals surface area (Å²) in [4.78, 5) is 24.6. The molecule has 0 aliphatic carbocycles. The Balaban J connectivity index is 2.06. The first kappa shape index (κ1) is 16.8. The SMILES string of the molecule is CCCOc1ccc(C(=O)n2c(C)c(C(=O)O)c3ccccc32)cc1. The molecule has 1 N–H and O–H groups in total. The normalized spacial score (nSPS) is 10.8. The van der Waals surface area contributed by atoms with Gasteiger partial charge in [0, 0.05) is 16.6 Å². The zero-order valence-corrected chi connectivity index (χ0v) is 14.2. The monoisotopic (exact) mass is 337 g/mol. The van der Waals surface area contributed by atoms with Crippen LogP contribution in [0.2, 0.25) is 0 Å². The van der Waals surface area contributed by atoms with Crippen molar-refractivity contribution in [3.8, 4) is 5.75 Å². The lowest BCUT2D eigenvalue weighted by Gasteiger charge is -2.09. The number of benzene rings is 2. The fourth-order valence-corrected chi connectivity index (χ4v) is 2.94. The summed E-state index contributed by atoms with van der Waals surface area (Å²) in [5, 5.41) is 10.1. The van der Waals surface area contributed by atoms with E-state index in [9.17, 15) is 14.7 Å². The molecule has 0 fully saturated rings. The molecule has 0 aliphatic rings. The van der Waals surface area contributed by atoms with Crippen LogP contribution in [0.3, 0.4) is 0 Å². The van der Waals surface area contributed by atoms with Crippen molar-refractivity contribution in [1.82, 2.24) is 4.57 Å². The molecule has 0 radical (unpaired) electrons. The fourth-order valence-electron chi connectivity index (χ4n) is 2.94. The highest BCUT2D eigenvalue weighted by molar-refractivity contribution is 6.11. The molecule has 0 aliphatic heterocycles. The van der Waals surface area contributed by atoms with Gasteiger partial charge in [-0.1, -0.05) is 25.1 Å². The molecule has 0 amide bonds. The molecule has 3 rings (SSSR count). The standard InChI is InChI=1S/C20H19NO4/c1-3-12-25-15-10-8-14(9-11-15)19(22)21-13(2)18(20(23)24)16-6-4-5-7-17(16)21/h4-11H,3,12H2,1-2H3,(H,23,24). The second-order valence-electron chi connectivity index (χ2n) is 5.80. The maximum Gasteiger partial charge on any atom is 0.338 e. The van der Waals surface area contributed by atoms with Crippen molar-refractivity contribution in [2.75, 3.05) is 6.61 Å². The third kappa shape index (κ3) is 3.01. The summed E-state index contributed by atoms with van der Waals surface area (Å²) in [7, 11) is 0. The van der Waals surface area contributed by atoms with Crippen LogP contribution < -0.4 is 4.74 Å². The van der Waals surface area contributed by atoms with Gasteiger partial charge in [-0.2, -0.15) is 0 Å². The van der Waals surface area contributed by atoms with Gasteiger partial charge < -0.3 is 9.84 Å². The Labute approximate surface area is 145 Å². The number of hydrogen-bond acceptors (Lipinski definition) is 3. The highest BCUT2D eigenvalue weighted by Crippen LogP contribution is 2.27. The van der Waals surface area contributed by atoms with Gasteiger partial charge in [-0.3, -0.25) is 9.36 Å². The van der Waals surface area contributed by atoms with Crippen LogP contribution in [0.15, 0.2) is 48.5 Å². The molecule has 0 bridgehead atoms. The number of nitrogens with zero attached hydrogens (tertiary/aromatic N) is 1. The first-order chi connectivity index (χ1) is 12.0. The van der Waals surface area contributed by atoms with Crippen molar-refractivity contribution in [3.63, 3.8) is 0 Å². The maximum atomic E-state index is 13.0. The van der Waals surface area contributed by atoms with E-state index < -0.39 is 5.97 Å². The number of aromatic carboxylic acids is 1. The van der Waals surface area contributed by atoms with Crippen LogP contribution >= 0.6 is 0 Å². The molecule has 5 nitrogen and oxygen atoms in total. The van der Waals surface area contributed by atoms with Crippen LogP contribution in [0.5, 0.6) is 5.75 Å². The summed E-state index contributed by atoms with van der Waals surface area (Å²) in [5.41, 5.74) is 1.65. The largest absolute Gasteiger partial charge is 0.494 e. The Kier molecular flexibility index (Phi) is 4.57. The van der Waals surface area contributed by atoms with Crippen LogP contribution in [0.25, 0.3) is 10.9 Å². The second-order valence-corrected chi connectivity index (χ2v) is 5.80. The molecule has 0 unspecified atom stereocenters. The average Bonchev–Trinajstić information content (AvgIpc) is 2.91. The van der Waals surface area contributed by atoms with Crippen LogP contribution in [-0.4, -0.2) is 28.2 Å². The third-order valence-electron chi connectivity index (χ3n) is 4.10. The lowest BCUT2D eigenvalue weighted by Crippen LogP contribution is -2.14. The van der Waals surface area contributed by atoms with Crippen molar-refractivity contribution < 1.29 is 19.4 Å². The Morgan fingerprint density at radius 2 is 1.76 bits per heavy atom. The number of carbonyl (C=O) groups excluding carboxylic acids is 1. The third-order valence-corrected chi connectivity index (χ3v) is 4.10. The van der Waals surface area contributed by atoms with Gasteiger partial charge in [0.1, 0.15) is 5.75 Å². The molecule has 0 saturated carbocycles. The molecular formula is C20H19NO4. The van der Waals surface area contributed by atoms with Gasteiger partial charge in [0.05, 0.1) is 17.7 Å². The maximum absolute atomic E-state index is 13.0. The van der Waals surface area contributed by atoms with E-state index in [0.29, 0.717) is 34.5 Å². The van der Waals surface area contributed by atoms with Gasteiger partial charge in [-0.15, -0.1) is 0 Å². The summed E-state index contributed by atoms with van der Waals surface area (Å²) < 4.78 is 6.99. The lowest BCUT2D eigenvalue weighted by molar-refractivity contribution is 0.0698. The Morgan fingerprint density at radius 1 is 1.08 bits per heavy atom. The number of hydrogen-bond donors (Lipinski definition) is 1. The molecule has 1 aromatic heterocycles. The van der Waals surface area contributed by atoms with Crippen LogP contribution in [0.1, 0.15) is 39.8 Å².